The summed E-state index contributed by atoms with van der Waals surface area (Å²) in [7, 11) is 1.15. The number of carbonyl (C=O) groups excluding carboxylic acids is 2. The second-order valence-electron chi connectivity index (χ2n) is 5.80. The molecule has 0 spiro atoms. The minimum Gasteiger partial charge on any atom is -0.465 e. The van der Waals surface area contributed by atoms with Gasteiger partial charge in [-0.3, -0.25) is 10.1 Å². The Morgan fingerprint density at radius 3 is 1.96 bits per heavy atom. The zero-order chi connectivity index (χ0) is 20.1. The normalized spacial score (nSPS) is 10.2. The van der Waals surface area contributed by atoms with Crippen LogP contribution in [0.15, 0.2) is 72.8 Å². The number of nitrogens with zero attached hydrogens (tertiary/aromatic N) is 1. The van der Waals surface area contributed by atoms with Crippen LogP contribution in [0.25, 0.3) is 11.1 Å². The Balaban J connectivity index is 1.83. The van der Waals surface area contributed by atoms with Crippen molar-refractivity contribution in [1.82, 2.24) is 0 Å². The summed E-state index contributed by atoms with van der Waals surface area (Å²) in [6.07, 6.45) is 0. The molecule has 0 unspecified atom stereocenters. The van der Waals surface area contributed by atoms with Crippen molar-refractivity contribution in [3.63, 3.8) is 0 Å². The van der Waals surface area contributed by atoms with Crippen LogP contribution in [0, 0.1) is 10.1 Å². The van der Waals surface area contributed by atoms with E-state index in [1.165, 1.54) is 6.07 Å². The third kappa shape index (κ3) is 4.21. The van der Waals surface area contributed by atoms with Gasteiger partial charge < -0.3 is 9.47 Å². The van der Waals surface area contributed by atoms with Gasteiger partial charge >= 0.3 is 11.9 Å². The van der Waals surface area contributed by atoms with Crippen LogP contribution in [0.5, 0.6) is 5.75 Å². The molecule has 3 aromatic carbocycles. The zero-order valence-corrected chi connectivity index (χ0v) is 14.8. The lowest BCUT2D eigenvalue weighted by Gasteiger charge is -2.07. The maximum Gasteiger partial charge on any atom is 0.343 e. The Labute approximate surface area is 160 Å². The molecule has 0 aromatic heterocycles. The first-order valence-corrected chi connectivity index (χ1v) is 8.23. The van der Waals surface area contributed by atoms with Crippen LogP contribution in [0.2, 0.25) is 0 Å². The molecule has 28 heavy (non-hydrogen) atoms. The summed E-state index contributed by atoms with van der Waals surface area (Å²) < 4.78 is 9.85. The first kappa shape index (κ1) is 18.8. The first-order chi connectivity index (χ1) is 13.5. The van der Waals surface area contributed by atoms with Crippen molar-refractivity contribution in [3.8, 4) is 16.9 Å². The molecule has 140 valence electrons. The third-order valence-corrected chi connectivity index (χ3v) is 3.96. The van der Waals surface area contributed by atoms with Gasteiger partial charge in [0.2, 0.25) is 0 Å². The van der Waals surface area contributed by atoms with Crippen LogP contribution >= 0.6 is 0 Å². The summed E-state index contributed by atoms with van der Waals surface area (Å²) in [5.41, 5.74) is 1.32. The van der Waals surface area contributed by atoms with Gasteiger partial charge in [-0.1, -0.05) is 42.5 Å². The molecule has 0 aliphatic heterocycles. The summed E-state index contributed by atoms with van der Waals surface area (Å²) in [5.74, 6) is -1.33. The van der Waals surface area contributed by atoms with E-state index in [1.807, 2.05) is 30.3 Å². The van der Waals surface area contributed by atoms with E-state index >= 15 is 0 Å². The highest BCUT2D eigenvalue weighted by molar-refractivity contribution is 5.97. The van der Waals surface area contributed by atoms with E-state index < -0.39 is 22.5 Å². The van der Waals surface area contributed by atoms with Crippen molar-refractivity contribution in [2.45, 2.75) is 0 Å². The Morgan fingerprint density at radius 1 is 0.821 bits per heavy atom. The number of hydrogen-bond donors (Lipinski definition) is 0. The number of non-ortho nitro benzene ring substituents is 1. The molecule has 0 aliphatic carbocycles. The number of nitro benzene ring substituents is 1. The lowest BCUT2D eigenvalue weighted by atomic mass is 10.1. The standard InChI is InChI=1S/C21H15NO6/c1-27-20(23)16-11-17(13-18(12-16)22(25)26)21(24)28-19-9-7-15(8-10-19)14-5-3-2-4-6-14/h2-13H,1H3. The average Bonchev–Trinajstić information content (AvgIpc) is 2.74. The molecule has 0 N–H and O–H groups in total. The number of rotatable bonds is 5. The maximum absolute atomic E-state index is 12.4. The quantitative estimate of drug-likeness (QED) is 0.285. The monoisotopic (exact) mass is 377 g/mol. The van der Waals surface area contributed by atoms with Crippen LogP contribution in [0.4, 0.5) is 5.69 Å². The van der Waals surface area contributed by atoms with Crippen LogP contribution in [0.3, 0.4) is 0 Å². The molecule has 3 aromatic rings. The number of ether oxygens (including phenoxy) is 2. The van der Waals surface area contributed by atoms with E-state index in [0.717, 1.165) is 30.4 Å². The summed E-state index contributed by atoms with van der Waals surface area (Å²) in [4.78, 5) is 34.5. The highest BCUT2D eigenvalue weighted by Crippen LogP contribution is 2.24. The van der Waals surface area contributed by atoms with Gasteiger partial charge in [0.05, 0.1) is 23.2 Å². The SMILES string of the molecule is COC(=O)c1cc(C(=O)Oc2ccc(-c3ccccc3)cc2)cc([N+](=O)[O-])c1. The molecule has 0 saturated heterocycles. The van der Waals surface area contributed by atoms with Gasteiger partial charge in [-0.05, 0) is 29.3 Å². The summed E-state index contributed by atoms with van der Waals surface area (Å²) in [6, 6.07) is 19.8. The highest BCUT2D eigenvalue weighted by Gasteiger charge is 2.19. The Kier molecular flexibility index (Phi) is 5.45. The lowest BCUT2D eigenvalue weighted by Crippen LogP contribution is -2.11. The molecule has 3 rings (SSSR count). The topological polar surface area (TPSA) is 95.7 Å². The molecular formula is C21H15NO6. The van der Waals surface area contributed by atoms with E-state index in [1.54, 1.807) is 24.3 Å². The van der Waals surface area contributed by atoms with E-state index in [-0.39, 0.29) is 16.9 Å². The second-order valence-corrected chi connectivity index (χ2v) is 5.80. The Morgan fingerprint density at radius 2 is 1.39 bits per heavy atom. The van der Waals surface area contributed by atoms with Crippen molar-refractivity contribution >= 4 is 17.6 Å². The number of methoxy groups -OCH3 is 1. The molecule has 0 aliphatic rings. The van der Waals surface area contributed by atoms with Gasteiger partial charge in [-0.2, -0.15) is 0 Å². The predicted molar refractivity (Wildman–Crippen MR) is 101 cm³/mol. The number of esters is 2. The molecule has 7 nitrogen and oxygen atoms in total. The van der Waals surface area contributed by atoms with Crippen LogP contribution < -0.4 is 4.74 Å². The first-order valence-electron chi connectivity index (χ1n) is 8.23. The van der Waals surface area contributed by atoms with Gasteiger partial charge in [0.1, 0.15) is 5.75 Å². The summed E-state index contributed by atoms with van der Waals surface area (Å²) in [5, 5.41) is 11.1. The fourth-order valence-corrected chi connectivity index (χ4v) is 2.58. The molecule has 0 heterocycles. The van der Waals surface area contributed by atoms with Crippen molar-refractivity contribution in [3.05, 3.63) is 94.0 Å². The highest BCUT2D eigenvalue weighted by atomic mass is 16.6. The second kappa shape index (κ2) is 8.13. The molecule has 7 heteroatoms. The molecule has 0 atom stereocenters. The fraction of sp³-hybridized carbons (Fsp3) is 0.0476. The van der Waals surface area contributed by atoms with Crippen molar-refractivity contribution in [2.75, 3.05) is 7.11 Å². The minimum absolute atomic E-state index is 0.108. The molecule has 0 saturated carbocycles. The molecular weight excluding hydrogens is 362 g/mol. The molecule has 0 radical (unpaired) electrons. The fourth-order valence-electron chi connectivity index (χ4n) is 2.58. The minimum atomic E-state index is -0.818. The molecule has 0 bridgehead atoms. The number of benzene rings is 3. The summed E-state index contributed by atoms with van der Waals surface area (Å²) in [6.45, 7) is 0. The van der Waals surface area contributed by atoms with E-state index in [2.05, 4.69) is 4.74 Å². The third-order valence-electron chi connectivity index (χ3n) is 3.96. The largest absolute Gasteiger partial charge is 0.465 e. The van der Waals surface area contributed by atoms with E-state index in [4.69, 9.17) is 4.74 Å². The van der Waals surface area contributed by atoms with Gasteiger partial charge in [0.25, 0.3) is 5.69 Å². The van der Waals surface area contributed by atoms with Gasteiger partial charge in [-0.15, -0.1) is 0 Å². The number of carbonyl (C=O) groups is 2. The summed E-state index contributed by atoms with van der Waals surface area (Å²) >= 11 is 0. The predicted octanol–water partition coefficient (Wildman–Crippen LogP) is 4.27. The average molecular weight is 377 g/mol. The lowest BCUT2D eigenvalue weighted by molar-refractivity contribution is -0.384. The van der Waals surface area contributed by atoms with Gasteiger partial charge in [0, 0.05) is 12.1 Å². The van der Waals surface area contributed by atoms with E-state index in [0.29, 0.717) is 0 Å². The van der Waals surface area contributed by atoms with Crippen molar-refractivity contribution in [2.24, 2.45) is 0 Å². The van der Waals surface area contributed by atoms with Crippen LogP contribution in [-0.2, 0) is 4.74 Å². The zero-order valence-electron chi connectivity index (χ0n) is 14.8. The number of nitro groups is 1. The van der Waals surface area contributed by atoms with Gasteiger partial charge in [-0.25, -0.2) is 9.59 Å². The molecule has 0 amide bonds. The van der Waals surface area contributed by atoms with Crippen molar-refractivity contribution in [1.29, 1.82) is 0 Å². The number of hydrogen-bond acceptors (Lipinski definition) is 6. The van der Waals surface area contributed by atoms with Crippen molar-refractivity contribution < 1.29 is 24.0 Å². The van der Waals surface area contributed by atoms with Crippen LogP contribution in [-0.4, -0.2) is 24.0 Å². The molecule has 0 fully saturated rings. The van der Waals surface area contributed by atoms with Gasteiger partial charge in [0.15, 0.2) is 0 Å². The smallest absolute Gasteiger partial charge is 0.343 e. The Hall–Kier alpha value is -4.00. The van der Waals surface area contributed by atoms with E-state index in [9.17, 15) is 19.7 Å². The Bertz CT molecular complexity index is 1030. The van der Waals surface area contributed by atoms with Crippen LogP contribution in [0.1, 0.15) is 20.7 Å². The maximum atomic E-state index is 12.4.